The zero-order valence-corrected chi connectivity index (χ0v) is 12.6. The van der Waals surface area contributed by atoms with Crippen LogP contribution in [0.25, 0.3) is 0 Å². The first kappa shape index (κ1) is 12.8. The summed E-state index contributed by atoms with van der Waals surface area (Å²) in [6.07, 6.45) is 1.62. The fourth-order valence-corrected chi connectivity index (χ4v) is 2.18. The van der Waals surface area contributed by atoms with E-state index in [9.17, 15) is 0 Å². The molecule has 1 aromatic carbocycles. The highest BCUT2D eigenvalue weighted by Gasteiger charge is 2.04. The molecule has 0 amide bonds. The molecule has 0 bridgehead atoms. The molecule has 0 aliphatic carbocycles. The van der Waals surface area contributed by atoms with Crippen LogP contribution in [-0.4, -0.2) is 9.97 Å². The smallest absolute Gasteiger partial charge is 0.224 e. The number of aromatic nitrogens is 2. The molecule has 17 heavy (non-hydrogen) atoms. The van der Waals surface area contributed by atoms with Crippen LogP contribution in [0.2, 0.25) is 5.28 Å². The Balaban J connectivity index is 2.12. The van der Waals surface area contributed by atoms with Crippen LogP contribution in [0, 0.1) is 0 Å². The molecule has 0 radical (unpaired) electrons. The number of hydrogen-bond acceptors (Lipinski definition) is 3. The van der Waals surface area contributed by atoms with Crippen molar-refractivity contribution < 1.29 is 0 Å². The Labute approximate surface area is 121 Å². The van der Waals surface area contributed by atoms with Crippen LogP contribution >= 0.6 is 43.5 Å². The van der Waals surface area contributed by atoms with Crippen molar-refractivity contribution in [1.29, 1.82) is 0 Å². The highest BCUT2D eigenvalue weighted by Crippen LogP contribution is 2.22. The molecular weight excluding hydrogens is 369 g/mol. The molecule has 0 spiro atoms. The molecule has 3 nitrogen and oxygen atoms in total. The van der Waals surface area contributed by atoms with Crippen molar-refractivity contribution in [3.8, 4) is 0 Å². The third-order valence-corrected chi connectivity index (χ3v) is 3.65. The summed E-state index contributed by atoms with van der Waals surface area (Å²) in [4.78, 5) is 7.97. The maximum absolute atomic E-state index is 5.74. The maximum Gasteiger partial charge on any atom is 0.224 e. The van der Waals surface area contributed by atoms with Gasteiger partial charge in [-0.05, 0) is 39.2 Å². The van der Waals surface area contributed by atoms with Gasteiger partial charge in [-0.1, -0.05) is 34.1 Å². The molecule has 0 saturated heterocycles. The van der Waals surface area contributed by atoms with Crippen molar-refractivity contribution in [3.63, 3.8) is 0 Å². The molecule has 6 heteroatoms. The summed E-state index contributed by atoms with van der Waals surface area (Å²) >= 11 is 12.6. The molecule has 0 fully saturated rings. The van der Waals surface area contributed by atoms with Gasteiger partial charge in [0, 0.05) is 17.2 Å². The van der Waals surface area contributed by atoms with Gasteiger partial charge in [-0.25, -0.2) is 4.98 Å². The molecule has 0 unspecified atom stereocenters. The fraction of sp³-hybridized carbons (Fsp3) is 0.0909. The minimum Gasteiger partial charge on any atom is -0.365 e. The van der Waals surface area contributed by atoms with Crippen LogP contribution in [0.4, 0.5) is 5.82 Å². The lowest BCUT2D eigenvalue weighted by atomic mass is 10.2. The molecule has 2 aromatic rings. The van der Waals surface area contributed by atoms with E-state index in [0.29, 0.717) is 12.4 Å². The second-order valence-corrected chi connectivity index (χ2v) is 5.33. The minimum absolute atomic E-state index is 0.225. The summed E-state index contributed by atoms with van der Waals surface area (Å²) in [6, 6.07) is 8.00. The van der Waals surface area contributed by atoms with Crippen LogP contribution < -0.4 is 5.32 Å². The Morgan fingerprint density at radius 1 is 1.18 bits per heavy atom. The standard InChI is InChI=1S/C11H8Br2ClN3/c12-8-4-2-1-3-7(8)5-15-10-9(13)6-16-11(14)17-10/h1-4,6H,5H2,(H,15,16,17). The first-order valence-corrected chi connectivity index (χ1v) is 6.78. The summed E-state index contributed by atoms with van der Waals surface area (Å²) in [5, 5.41) is 3.42. The van der Waals surface area contributed by atoms with Crippen LogP contribution in [0.1, 0.15) is 5.56 Å². The molecular formula is C11H8Br2ClN3. The number of anilines is 1. The van der Waals surface area contributed by atoms with Gasteiger partial charge in [-0.2, -0.15) is 4.98 Å². The lowest BCUT2D eigenvalue weighted by molar-refractivity contribution is 1.07. The van der Waals surface area contributed by atoms with Gasteiger partial charge in [0.25, 0.3) is 0 Å². The highest BCUT2D eigenvalue weighted by atomic mass is 79.9. The third kappa shape index (κ3) is 3.40. The van der Waals surface area contributed by atoms with Crippen LogP contribution in [-0.2, 0) is 6.54 Å². The maximum atomic E-state index is 5.74. The Kier molecular flexibility index (Phi) is 4.36. The fourth-order valence-electron chi connectivity index (χ4n) is 1.29. The number of hydrogen-bond donors (Lipinski definition) is 1. The molecule has 0 saturated carbocycles. The summed E-state index contributed by atoms with van der Waals surface area (Å²) < 4.78 is 1.85. The Morgan fingerprint density at radius 3 is 2.71 bits per heavy atom. The van der Waals surface area contributed by atoms with E-state index in [1.54, 1.807) is 6.20 Å². The molecule has 88 valence electrons. The molecule has 1 aromatic heterocycles. The first-order chi connectivity index (χ1) is 8.16. The van der Waals surface area contributed by atoms with Gasteiger partial charge in [0.15, 0.2) is 0 Å². The van der Waals surface area contributed by atoms with E-state index in [-0.39, 0.29) is 5.28 Å². The summed E-state index contributed by atoms with van der Waals surface area (Å²) in [5.74, 6) is 0.681. The van der Waals surface area contributed by atoms with Gasteiger partial charge >= 0.3 is 0 Å². The lowest BCUT2D eigenvalue weighted by Crippen LogP contribution is -2.03. The molecule has 0 aliphatic rings. The summed E-state index contributed by atoms with van der Waals surface area (Å²) in [5.41, 5.74) is 1.15. The predicted molar refractivity (Wildman–Crippen MR) is 76.2 cm³/mol. The highest BCUT2D eigenvalue weighted by molar-refractivity contribution is 9.10. The van der Waals surface area contributed by atoms with Gasteiger partial charge in [0.05, 0.1) is 4.47 Å². The van der Waals surface area contributed by atoms with Gasteiger partial charge in [0.2, 0.25) is 5.28 Å². The summed E-state index contributed by atoms with van der Waals surface area (Å²) in [7, 11) is 0. The second kappa shape index (κ2) is 5.80. The number of nitrogens with zero attached hydrogens (tertiary/aromatic N) is 2. The largest absolute Gasteiger partial charge is 0.365 e. The predicted octanol–water partition coefficient (Wildman–Crippen LogP) is 4.27. The normalized spacial score (nSPS) is 10.3. The first-order valence-electron chi connectivity index (χ1n) is 4.82. The quantitative estimate of drug-likeness (QED) is 0.812. The van der Waals surface area contributed by atoms with Crippen LogP contribution in [0.15, 0.2) is 39.4 Å². The van der Waals surface area contributed by atoms with Crippen molar-refractivity contribution >= 4 is 49.3 Å². The van der Waals surface area contributed by atoms with E-state index in [1.807, 2.05) is 24.3 Å². The van der Waals surface area contributed by atoms with Gasteiger partial charge in [-0.3, -0.25) is 0 Å². The summed E-state index contributed by atoms with van der Waals surface area (Å²) in [6.45, 7) is 0.660. The van der Waals surface area contributed by atoms with E-state index in [0.717, 1.165) is 14.5 Å². The van der Waals surface area contributed by atoms with E-state index >= 15 is 0 Å². The van der Waals surface area contributed by atoms with E-state index in [4.69, 9.17) is 11.6 Å². The van der Waals surface area contributed by atoms with E-state index in [1.165, 1.54) is 0 Å². The van der Waals surface area contributed by atoms with Crippen molar-refractivity contribution in [2.45, 2.75) is 6.54 Å². The van der Waals surface area contributed by atoms with Crippen LogP contribution in [0.5, 0.6) is 0 Å². The average molecular weight is 377 g/mol. The monoisotopic (exact) mass is 375 g/mol. The molecule has 0 aliphatic heterocycles. The van der Waals surface area contributed by atoms with Crippen molar-refractivity contribution in [1.82, 2.24) is 9.97 Å². The van der Waals surface area contributed by atoms with Crippen LogP contribution in [0.3, 0.4) is 0 Å². The van der Waals surface area contributed by atoms with Crippen molar-refractivity contribution in [3.05, 3.63) is 50.3 Å². The van der Waals surface area contributed by atoms with Gasteiger partial charge in [0.1, 0.15) is 5.82 Å². The molecule has 1 heterocycles. The number of benzene rings is 1. The minimum atomic E-state index is 0.225. The molecule has 1 N–H and O–H groups in total. The molecule has 2 rings (SSSR count). The molecule has 0 atom stereocenters. The van der Waals surface area contributed by atoms with Gasteiger partial charge in [-0.15, -0.1) is 0 Å². The van der Waals surface area contributed by atoms with Crippen molar-refractivity contribution in [2.75, 3.05) is 5.32 Å². The SMILES string of the molecule is Clc1ncc(Br)c(NCc2ccccc2Br)n1. The second-order valence-electron chi connectivity index (χ2n) is 3.28. The zero-order chi connectivity index (χ0) is 12.3. The Morgan fingerprint density at radius 2 is 1.94 bits per heavy atom. The number of nitrogens with one attached hydrogen (secondary N) is 1. The average Bonchev–Trinajstić information content (AvgIpc) is 2.32. The zero-order valence-electron chi connectivity index (χ0n) is 8.62. The van der Waals surface area contributed by atoms with E-state index < -0.39 is 0 Å². The third-order valence-electron chi connectivity index (χ3n) is 2.12. The number of halogens is 3. The van der Waals surface area contributed by atoms with Gasteiger partial charge < -0.3 is 5.32 Å². The topological polar surface area (TPSA) is 37.8 Å². The Bertz CT molecular complexity index is 534. The Hall–Kier alpha value is -0.650. The van der Waals surface area contributed by atoms with E-state index in [2.05, 4.69) is 47.1 Å². The number of rotatable bonds is 3. The lowest BCUT2D eigenvalue weighted by Gasteiger charge is -2.08. The van der Waals surface area contributed by atoms with Crippen molar-refractivity contribution in [2.24, 2.45) is 0 Å².